The van der Waals surface area contributed by atoms with Crippen molar-refractivity contribution in [3.63, 3.8) is 0 Å². The SMILES string of the molecule is O=C(COC(=O)c1ccc(N2C(=O)[C@@H]3[C@@H]4C=C[C@H]([C@H]5C[C@H]45)[C@@H]3C2=O)cc1)c1ccc(Br)cc1. The Morgan fingerprint density at radius 3 is 1.97 bits per heavy atom. The van der Waals surface area contributed by atoms with E-state index >= 15 is 0 Å². The van der Waals surface area contributed by atoms with Crippen LogP contribution in [0.4, 0.5) is 5.69 Å². The Labute approximate surface area is 198 Å². The van der Waals surface area contributed by atoms with Crippen molar-refractivity contribution < 1.29 is 23.9 Å². The molecule has 7 rings (SSSR count). The number of hydrogen-bond donors (Lipinski definition) is 0. The summed E-state index contributed by atoms with van der Waals surface area (Å²) in [4.78, 5) is 52.3. The second-order valence-corrected chi connectivity index (χ2v) is 10.1. The number of rotatable bonds is 5. The number of imide groups is 1. The molecule has 4 aliphatic carbocycles. The number of esters is 1. The van der Waals surface area contributed by atoms with E-state index in [0.717, 1.165) is 10.9 Å². The minimum atomic E-state index is -0.637. The molecule has 5 aliphatic rings. The molecular formula is C26H20BrNO5. The number of benzene rings is 2. The molecule has 2 aromatic carbocycles. The zero-order valence-corrected chi connectivity index (χ0v) is 19.1. The van der Waals surface area contributed by atoms with Crippen molar-refractivity contribution in [2.75, 3.05) is 11.5 Å². The molecule has 0 N–H and O–H groups in total. The van der Waals surface area contributed by atoms with Gasteiger partial charge in [-0.2, -0.15) is 0 Å². The van der Waals surface area contributed by atoms with Gasteiger partial charge in [0.25, 0.3) is 0 Å². The van der Waals surface area contributed by atoms with Gasteiger partial charge >= 0.3 is 5.97 Å². The number of allylic oxidation sites excluding steroid dienone is 2. The number of carbonyl (C=O) groups excluding carboxylic acids is 4. The van der Waals surface area contributed by atoms with Crippen molar-refractivity contribution in [1.82, 2.24) is 0 Å². The van der Waals surface area contributed by atoms with Gasteiger partial charge in [-0.25, -0.2) is 4.79 Å². The van der Waals surface area contributed by atoms with Crippen LogP contribution in [0.2, 0.25) is 0 Å². The van der Waals surface area contributed by atoms with E-state index < -0.39 is 5.97 Å². The maximum Gasteiger partial charge on any atom is 0.338 e. The highest BCUT2D eigenvalue weighted by Crippen LogP contribution is 2.65. The normalized spacial score (nSPS) is 30.8. The lowest BCUT2D eigenvalue weighted by Crippen LogP contribution is -2.40. The first-order valence-corrected chi connectivity index (χ1v) is 11.9. The van der Waals surface area contributed by atoms with Crippen LogP contribution >= 0.6 is 15.9 Å². The third kappa shape index (κ3) is 3.21. The van der Waals surface area contributed by atoms with Crippen molar-refractivity contribution in [3.05, 3.63) is 76.3 Å². The van der Waals surface area contributed by atoms with Gasteiger partial charge in [-0.3, -0.25) is 19.3 Å². The quantitative estimate of drug-likeness (QED) is 0.265. The smallest absolute Gasteiger partial charge is 0.338 e. The van der Waals surface area contributed by atoms with Crippen LogP contribution in [-0.2, 0) is 14.3 Å². The van der Waals surface area contributed by atoms with Gasteiger partial charge in [-0.15, -0.1) is 0 Å². The van der Waals surface area contributed by atoms with Gasteiger partial charge in [-0.05, 0) is 66.5 Å². The van der Waals surface area contributed by atoms with E-state index in [9.17, 15) is 19.2 Å². The number of anilines is 1. The zero-order valence-electron chi connectivity index (χ0n) is 17.5. The zero-order chi connectivity index (χ0) is 22.9. The van der Waals surface area contributed by atoms with E-state index in [4.69, 9.17) is 4.74 Å². The molecule has 166 valence electrons. The van der Waals surface area contributed by atoms with Gasteiger partial charge < -0.3 is 4.74 Å². The van der Waals surface area contributed by atoms with Crippen LogP contribution in [0, 0.1) is 35.5 Å². The van der Waals surface area contributed by atoms with E-state index in [0.29, 0.717) is 23.1 Å². The molecule has 0 unspecified atom stereocenters. The summed E-state index contributed by atoms with van der Waals surface area (Å²) in [6.45, 7) is -0.368. The summed E-state index contributed by atoms with van der Waals surface area (Å²) in [5.74, 6) is -0.281. The molecule has 0 aromatic heterocycles. The third-order valence-electron chi connectivity index (χ3n) is 7.52. The Bertz CT molecular complexity index is 1180. The van der Waals surface area contributed by atoms with Crippen LogP contribution in [0.1, 0.15) is 27.1 Å². The van der Waals surface area contributed by atoms with Crippen LogP contribution < -0.4 is 4.90 Å². The van der Waals surface area contributed by atoms with Gasteiger partial charge in [0.05, 0.1) is 23.1 Å². The summed E-state index contributed by atoms with van der Waals surface area (Å²) in [6, 6.07) is 13.0. The molecular weight excluding hydrogens is 486 g/mol. The topological polar surface area (TPSA) is 80.8 Å². The molecule has 0 radical (unpaired) electrons. The molecule has 33 heavy (non-hydrogen) atoms. The van der Waals surface area contributed by atoms with Crippen molar-refractivity contribution in [2.45, 2.75) is 6.42 Å². The second-order valence-electron chi connectivity index (χ2n) is 9.22. The number of halogens is 1. The molecule has 2 saturated carbocycles. The first-order chi connectivity index (χ1) is 15.9. The van der Waals surface area contributed by atoms with Crippen LogP contribution in [0.3, 0.4) is 0 Å². The number of carbonyl (C=O) groups is 4. The molecule has 1 saturated heterocycles. The van der Waals surface area contributed by atoms with Crippen molar-refractivity contribution in [2.24, 2.45) is 35.5 Å². The summed E-state index contributed by atoms with van der Waals surface area (Å²) in [7, 11) is 0. The minimum absolute atomic E-state index is 0.134. The van der Waals surface area contributed by atoms with Gasteiger partial charge in [0, 0.05) is 10.0 Å². The largest absolute Gasteiger partial charge is 0.454 e. The minimum Gasteiger partial charge on any atom is -0.454 e. The number of amides is 2. The predicted octanol–water partition coefficient (Wildman–Crippen LogP) is 4.05. The fraction of sp³-hybridized carbons (Fsp3) is 0.308. The molecule has 7 heteroatoms. The monoisotopic (exact) mass is 505 g/mol. The molecule has 0 spiro atoms. The Balaban J connectivity index is 1.14. The summed E-state index contributed by atoms with van der Waals surface area (Å²) in [5.41, 5.74) is 1.17. The van der Waals surface area contributed by atoms with Crippen LogP contribution in [0.15, 0.2) is 65.2 Å². The number of nitrogens with zero attached hydrogens (tertiary/aromatic N) is 1. The lowest BCUT2D eigenvalue weighted by atomic mass is 9.63. The summed E-state index contributed by atoms with van der Waals surface area (Å²) in [5, 5.41) is 0. The molecule has 6 atom stereocenters. The Hall–Kier alpha value is -3.06. The Kier molecular flexibility index (Phi) is 4.66. The van der Waals surface area contributed by atoms with E-state index in [1.165, 1.54) is 17.0 Å². The lowest BCUT2D eigenvalue weighted by Gasteiger charge is -2.37. The second kappa shape index (κ2) is 7.48. The average molecular weight is 506 g/mol. The van der Waals surface area contributed by atoms with Crippen molar-refractivity contribution >= 4 is 45.2 Å². The highest BCUT2D eigenvalue weighted by molar-refractivity contribution is 9.10. The van der Waals surface area contributed by atoms with Gasteiger partial charge in [-0.1, -0.05) is 40.2 Å². The first kappa shape index (κ1) is 20.5. The summed E-state index contributed by atoms with van der Waals surface area (Å²) >= 11 is 3.31. The summed E-state index contributed by atoms with van der Waals surface area (Å²) in [6.07, 6.45) is 5.41. The van der Waals surface area contributed by atoms with E-state index in [2.05, 4.69) is 28.1 Å². The van der Waals surface area contributed by atoms with Crippen molar-refractivity contribution in [3.8, 4) is 0 Å². The van der Waals surface area contributed by atoms with Gasteiger partial charge in [0.1, 0.15) is 0 Å². The lowest BCUT2D eigenvalue weighted by molar-refractivity contribution is -0.124. The molecule has 2 aromatic rings. The summed E-state index contributed by atoms with van der Waals surface area (Å²) < 4.78 is 6.01. The maximum atomic E-state index is 13.2. The van der Waals surface area contributed by atoms with E-state index in [1.54, 1.807) is 36.4 Å². The molecule has 2 bridgehead atoms. The number of hydrogen-bond acceptors (Lipinski definition) is 5. The Morgan fingerprint density at radius 2 is 1.39 bits per heavy atom. The fourth-order valence-electron chi connectivity index (χ4n) is 5.89. The predicted molar refractivity (Wildman–Crippen MR) is 122 cm³/mol. The van der Waals surface area contributed by atoms with Crippen LogP contribution in [0.5, 0.6) is 0 Å². The van der Waals surface area contributed by atoms with Gasteiger partial charge in [0.15, 0.2) is 12.4 Å². The molecule has 2 amide bonds. The van der Waals surface area contributed by atoms with Crippen molar-refractivity contribution in [1.29, 1.82) is 0 Å². The maximum absolute atomic E-state index is 13.2. The van der Waals surface area contributed by atoms with Crippen LogP contribution in [-0.4, -0.2) is 30.2 Å². The number of Topliss-reactive ketones (excluding diaryl/α,β-unsaturated/α-hetero) is 1. The third-order valence-corrected chi connectivity index (χ3v) is 8.05. The fourth-order valence-corrected chi connectivity index (χ4v) is 6.16. The highest BCUT2D eigenvalue weighted by Gasteiger charge is 2.67. The molecule has 6 nitrogen and oxygen atoms in total. The average Bonchev–Trinajstić information content (AvgIpc) is 3.61. The highest BCUT2D eigenvalue weighted by atomic mass is 79.9. The molecule has 1 aliphatic heterocycles. The number of ketones is 1. The van der Waals surface area contributed by atoms with Crippen LogP contribution in [0.25, 0.3) is 0 Å². The molecule has 1 heterocycles. The standard InChI is InChI=1S/C26H20BrNO5/c27-15-5-1-13(2-6-15)21(29)12-33-26(32)14-3-7-16(8-4-14)28-24(30)22-17-9-10-18(20-11-19(17)20)23(22)25(28)31/h1-10,17-20,22-23H,11-12H2/t17-,18-,19-,20-,22-,23+/m1/s1. The number of ether oxygens (including phenoxy) is 1. The van der Waals surface area contributed by atoms with E-state index in [-0.39, 0.29) is 53.4 Å². The Morgan fingerprint density at radius 1 is 0.848 bits per heavy atom. The van der Waals surface area contributed by atoms with E-state index in [1.807, 2.05) is 0 Å². The molecule has 3 fully saturated rings. The first-order valence-electron chi connectivity index (χ1n) is 11.1. The van der Waals surface area contributed by atoms with Gasteiger partial charge in [0.2, 0.25) is 11.8 Å².